The molecule has 2 atom stereocenters. The highest BCUT2D eigenvalue weighted by atomic mass is 16.6. The van der Waals surface area contributed by atoms with Crippen LogP contribution < -0.4 is 0 Å². The minimum atomic E-state index is -0.894. The van der Waals surface area contributed by atoms with Gasteiger partial charge in [-0.2, -0.15) is 0 Å². The van der Waals surface area contributed by atoms with Gasteiger partial charge < -0.3 is 4.74 Å². The van der Waals surface area contributed by atoms with E-state index in [2.05, 4.69) is 0 Å². The Hall–Kier alpha value is -2.01. The van der Waals surface area contributed by atoms with E-state index in [1.807, 2.05) is 0 Å². The van der Waals surface area contributed by atoms with Gasteiger partial charge in [-0.25, -0.2) is 0 Å². The number of Topliss-reactive ketones (excluding diaryl/α,β-unsaturated/α-hetero) is 1. The lowest BCUT2D eigenvalue weighted by atomic mass is 9.76. The second kappa shape index (κ2) is 3.30. The van der Waals surface area contributed by atoms with E-state index < -0.39 is 16.1 Å². The van der Waals surface area contributed by atoms with Crippen LogP contribution in [-0.2, 0) is 20.7 Å². The van der Waals surface area contributed by atoms with Gasteiger partial charge in [0.2, 0.25) is 0 Å². The third-order valence-electron chi connectivity index (χ3n) is 3.98. The highest BCUT2D eigenvalue weighted by molar-refractivity contribution is 5.97. The van der Waals surface area contributed by atoms with Crippen LogP contribution in [0.25, 0.3) is 0 Å². The summed E-state index contributed by atoms with van der Waals surface area (Å²) < 4.78 is 5.96. The molecule has 0 fully saturated rings. The molecule has 0 amide bonds. The molecule has 0 N–H and O–H groups in total. The second-order valence-corrected chi connectivity index (χ2v) is 5.31. The lowest BCUT2D eigenvalue weighted by Crippen LogP contribution is -2.25. The van der Waals surface area contributed by atoms with Gasteiger partial charge in [0.05, 0.1) is 10.5 Å². The van der Waals surface area contributed by atoms with Crippen LogP contribution in [-0.4, -0.2) is 10.7 Å². The molecule has 2 aliphatic heterocycles. The van der Waals surface area contributed by atoms with E-state index in [1.54, 1.807) is 32.1 Å². The number of carbonyl (C=O) groups excluding carboxylic acids is 1. The Labute approximate surface area is 110 Å². The van der Waals surface area contributed by atoms with Crippen LogP contribution in [0.5, 0.6) is 0 Å². The van der Waals surface area contributed by atoms with Crippen LogP contribution in [0.2, 0.25) is 0 Å². The first kappa shape index (κ1) is 12.0. The van der Waals surface area contributed by atoms with E-state index in [0.29, 0.717) is 11.1 Å². The molecule has 2 unspecified atom stereocenters. The van der Waals surface area contributed by atoms with E-state index in [9.17, 15) is 14.9 Å². The van der Waals surface area contributed by atoms with Crippen LogP contribution in [0.1, 0.15) is 31.9 Å². The minimum absolute atomic E-state index is 0.0441. The molecule has 0 saturated heterocycles. The lowest BCUT2D eigenvalue weighted by Gasteiger charge is -2.23. The van der Waals surface area contributed by atoms with E-state index in [0.717, 1.165) is 5.56 Å². The zero-order valence-electron chi connectivity index (χ0n) is 10.9. The van der Waals surface area contributed by atoms with Crippen molar-refractivity contribution >= 4 is 11.5 Å². The van der Waals surface area contributed by atoms with Gasteiger partial charge in [0, 0.05) is 17.2 Å². The number of hydrogen-bond donors (Lipinski definition) is 0. The number of nitro groups is 1. The van der Waals surface area contributed by atoms with E-state index in [-0.39, 0.29) is 11.5 Å². The van der Waals surface area contributed by atoms with Gasteiger partial charge >= 0.3 is 0 Å². The molecule has 3 rings (SSSR count). The van der Waals surface area contributed by atoms with Crippen molar-refractivity contribution in [2.24, 2.45) is 0 Å². The summed E-state index contributed by atoms with van der Waals surface area (Å²) in [6.07, 6.45) is 1.71. The molecule has 5 heteroatoms. The Morgan fingerprint density at radius 2 is 2.05 bits per heavy atom. The van der Waals surface area contributed by atoms with Gasteiger partial charge in [-0.3, -0.25) is 14.9 Å². The number of rotatable bonds is 2. The predicted octanol–water partition coefficient (Wildman–Crippen LogP) is 2.58. The van der Waals surface area contributed by atoms with E-state index >= 15 is 0 Å². The predicted molar refractivity (Wildman–Crippen MR) is 67.6 cm³/mol. The number of hydrogen-bond acceptors (Lipinski definition) is 4. The molecule has 0 spiro atoms. The monoisotopic (exact) mass is 259 g/mol. The summed E-state index contributed by atoms with van der Waals surface area (Å²) in [6.45, 7) is 5.04. The molecule has 0 aromatic heterocycles. The molecule has 0 saturated carbocycles. The maximum atomic E-state index is 11.7. The summed E-state index contributed by atoms with van der Waals surface area (Å²) in [4.78, 5) is 22.5. The van der Waals surface area contributed by atoms with Crippen LogP contribution in [0.4, 0.5) is 5.69 Å². The van der Waals surface area contributed by atoms with Crippen LogP contribution in [0, 0.1) is 10.1 Å². The molecule has 0 radical (unpaired) electrons. The van der Waals surface area contributed by atoms with Crippen LogP contribution in [0.3, 0.4) is 0 Å². The fraction of sp³-hybridized carbons (Fsp3) is 0.357. The van der Waals surface area contributed by atoms with Gasteiger partial charge in [0.1, 0.15) is 11.2 Å². The van der Waals surface area contributed by atoms with Crippen molar-refractivity contribution in [3.05, 3.63) is 51.1 Å². The lowest BCUT2D eigenvalue weighted by molar-refractivity contribution is -0.386. The van der Waals surface area contributed by atoms with Crippen molar-refractivity contribution < 1.29 is 14.5 Å². The molecule has 2 heterocycles. The molecule has 1 aromatic carbocycles. The first-order chi connectivity index (χ1) is 8.79. The summed E-state index contributed by atoms with van der Waals surface area (Å²) in [5.41, 5.74) is 0.131. The Morgan fingerprint density at radius 3 is 2.63 bits per heavy atom. The number of fused-ring (bicyclic) bond motifs is 5. The Bertz CT molecular complexity index is 663. The van der Waals surface area contributed by atoms with Crippen molar-refractivity contribution in [2.45, 2.75) is 32.0 Å². The Balaban J connectivity index is 2.33. The molecule has 98 valence electrons. The normalized spacial score (nSPS) is 31.0. The molecule has 0 aliphatic carbocycles. The SMILES string of the molecule is CC(=O)C1=CC2(C)OC1(C)c1cccc([N+](=O)[O-])c12. The molecular weight excluding hydrogens is 246 g/mol. The zero-order chi connectivity index (χ0) is 14.0. The number of nitrogens with zero attached hydrogens (tertiary/aromatic N) is 1. The molecule has 5 nitrogen and oxygen atoms in total. The molecule has 19 heavy (non-hydrogen) atoms. The Kier molecular flexibility index (Phi) is 2.09. The quantitative estimate of drug-likeness (QED) is 0.604. The third kappa shape index (κ3) is 1.30. The van der Waals surface area contributed by atoms with Gasteiger partial charge in [0.25, 0.3) is 5.69 Å². The summed E-state index contributed by atoms with van der Waals surface area (Å²) in [6, 6.07) is 4.90. The van der Waals surface area contributed by atoms with Crippen molar-refractivity contribution in [1.29, 1.82) is 0 Å². The average Bonchev–Trinajstić information content (AvgIpc) is 2.74. The maximum absolute atomic E-state index is 11.7. The highest BCUT2D eigenvalue weighted by Gasteiger charge is 2.58. The Morgan fingerprint density at radius 1 is 1.37 bits per heavy atom. The zero-order valence-corrected chi connectivity index (χ0v) is 10.9. The summed E-state index contributed by atoms with van der Waals surface area (Å²) in [5, 5.41) is 11.2. The van der Waals surface area contributed by atoms with Gasteiger partial charge in [-0.05, 0) is 26.8 Å². The molecular formula is C14H13NO4. The third-order valence-corrected chi connectivity index (χ3v) is 3.98. The maximum Gasteiger partial charge on any atom is 0.276 e. The molecule has 2 aliphatic rings. The molecule has 1 aromatic rings. The van der Waals surface area contributed by atoms with Crippen molar-refractivity contribution in [3.8, 4) is 0 Å². The highest BCUT2D eigenvalue weighted by Crippen LogP contribution is 2.59. The van der Waals surface area contributed by atoms with Crippen LogP contribution in [0.15, 0.2) is 29.8 Å². The first-order valence-electron chi connectivity index (χ1n) is 6.02. The number of nitro benzene ring substituents is 1. The number of ketones is 1. The summed E-state index contributed by atoms with van der Waals surface area (Å²) >= 11 is 0. The van der Waals surface area contributed by atoms with Gasteiger partial charge in [-0.1, -0.05) is 12.1 Å². The number of carbonyl (C=O) groups is 1. The smallest absolute Gasteiger partial charge is 0.276 e. The van der Waals surface area contributed by atoms with Crippen molar-refractivity contribution in [2.75, 3.05) is 0 Å². The van der Waals surface area contributed by atoms with Crippen molar-refractivity contribution in [3.63, 3.8) is 0 Å². The van der Waals surface area contributed by atoms with Crippen molar-refractivity contribution in [1.82, 2.24) is 0 Å². The number of ether oxygens (including phenoxy) is 1. The largest absolute Gasteiger partial charge is 0.350 e. The topological polar surface area (TPSA) is 69.4 Å². The molecule has 2 bridgehead atoms. The summed E-state index contributed by atoms with van der Waals surface area (Å²) in [7, 11) is 0. The average molecular weight is 259 g/mol. The fourth-order valence-electron chi connectivity index (χ4n) is 3.29. The van der Waals surface area contributed by atoms with Gasteiger partial charge in [0.15, 0.2) is 5.78 Å². The fourth-order valence-corrected chi connectivity index (χ4v) is 3.29. The summed E-state index contributed by atoms with van der Waals surface area (Å²) in [5.74, 6) is -0.0663. The van der Waals surface area contributed by atoms with E-state index in [4.69, 9.17) is 4.74 Å². The first-order valence-corrected chi connectivity index (χ1v) is 6.02. The van der Waals surface area contributed by atoms with Crippen LogP contribution >= 0.6 is 0 Å². The standard InChI is InChI=1S/C14H13NO4/c1-8(16)10-7-13(2)12-9(14(10,3)19-13)5-4-6-11(12)15(17)18/h4-7H,1-3H3. The minimum Gasteiger partial charge on any atom is -0.350 e. The second-order valence-electron chi connectivity index (χ2n) is 5.31. The number of benzene rings is 1. The van der Waals surface area contributed by atoms with E-state index in [1.165, 1.54) is 13.0 Å². The van der Waals surface area contributed by atoms with Gasteiger partial charge in [-0.15, -0.1) is 0 Å².